The third-order valence-electron chi connectivity index (χ3n) is 3.23. The Morgan fingerprint density at radius 1 is 1.25 bits per heavy atom. The summed E-state index contributed by atoms with van der Waals surface area (Å²) in [4.78, 5) is 11.5. The predicted molar refractivity (Wildman–Crippen MR) is 65.3 cm³/mol. The Kier molecular flexibility index (Phi) is 6.46. The summed E-state index contributed by atoms with van der Waals surface area (Å²) in [6.45, 7) is 4.21. The van der Waals surface area contributed by atoms with Gasteiger partial charge < -0.3 is 10.1 Å². The second-order valence-electron chi connectivity index (χ2n) is 4.68. The molecule has 0 heterocycles. The first-order valence-electron chi connectivity index (χ1n) is 6.66. The van der Waals surface area contributed by atoms with Crippen LogP contribution < -0.4 is 5.32 Å². The van der Waals surface area contributed by atoms with Crippen molar-refractivity contribution in [1.29, 1.82) is 0 Å². The fourth-order valence-electron chi connectivity index (χ4n) is 2.31. The molecule has 0 bridgehead atoms. The number of carbonyl (C=O) groups excluding carboxylic acids is 1. The molecule has 3 nitrogen and oxygen atoms in total. The third kappa shape index (κ3) is 4.97. The van der Waals surface area contributed by atoms with Gasteiger partial charge in [-0.25, -0.2) is 0 Å². The van der Waals surface area contributed by atoms with Crippen LogP contribution in [0.2, 0.25) is 0 Å². The van der Waals surface area contributed by atoms with Gasteiger partial charge >= 0.3 is 5.97 Å². The topological polar surface area (TPSA) is 38.3 Å². The summed E-state index contributed by atoms with van der Waals surface area (Å²) in [6.07, 6.45) is 9.02. The van der Waals surface area contributed by atoms with Crippen LogP contribution in [0.4, 0.5) is 0 Å². The summed E-state index contributed by atoms with van der Waals surface area (Å²) in [5.74, 6) is -0.121. The first-order valence-corrected chi connectivity index (χ1v) is 6.66. The van der Waals surface area contributed by atoms with Crippen molar-refractivity contribution < 1.29 is 9.53 Å². The molecular formula is C13H25NO2. The van der Waals surface area contributed by atoms with Crippen molar-refractivity contribution in [1.82, 2.24) is 5.32 Å². The molecule has 3 heteroatoms. The molecule has 16 heavy (non-hydrogen) atoms. The molecule has 1 rings (SSSR count). The number of hydrogen-bond donors (Lipinski definition) is 1. The van der Waals surface area contributed by atoms with Gasteiger partial charge in [-0.3, -0.25) is 4.79 Å². The van der Waals surface area contributed by atoms with Crippen molar-refractivity contribution in [3.63, 3.8) is 0 Å². The summed E-state index contributed by atoms with van der Waals surface area (Å²) in [5.41, 5.74) is 0. The first-order chi connectivity index (χ1) is 7.74. The zero-order chi connectivity index (χ0) is 11.8. The van der Waals surface area contributed by atoms with Gasteiger partial charge in [0, 0.05) is 6.04 Å². The highest BCUT2D eigenvalue weighted by Gasteiger charge is 2.19. The van der Waals surface area contributed by atoms with Gasteiger partial charge in [0.05, 0.1) is 6.61 Å². The van der Waals surface area contributed by atoms with Gasteiger partial charge in [-0.15, -0.1) is 0 Å². The maximum absolute atomic E-state index is 11.5. The maximum Gasteiger partial charge on any atom is 0.322 e. The van der Waals surface area contributed by atoms with Crippen molar-refractivity contribution in [3.05, 3.63) is 0 Å². The van der Waals surface area contributed by atoms with Crippen molar-refractivity contribution in [2.45, 2.75) is 70.9 Å². The summed E-state index contributed by atoms with van der Waals surface area (Å²) in [7, 11) is 0. The molecular weight excluding hydrogens is 202 g/mol. The van der Waals surface area contributed by atoms with E-state index in [1.807, 2.05) is 13.8 Å². The Hall–Kier alpha value is -0.570. The van der Waals surface area contributed by atoms with Crippen LogP contribution in [0.3, 0.4) is 0 Å². The van der Waals surface area contributed by atoms with Crippen LogP contribution in [0.15, 0.2) is 0 Å². The van der Waals surface area contributed by atoms with E-state index in [4.69, 9.17) is 4.74 Å². The van der Waals surface area contributed by atoms with Gasteiger partial charge in [0.2, 0.25) is 0 Å². The fraction of sp³-hybridized carbons (Fsp3) is 0.923. The minimum atomic E-state index is -0.163. The molecule has 1 fully saturated rings. The van der Waals surface area contributed by atoms with E-state index in [-0.39, 0.29) is 12.0 Å². The highest BCUT2D eigenvalue weighted by Crippen LogP contribution is 2.17. The Morgan fingerprint density at radius 2 is 1.81 bits per heavy atom. The fourth-order valence-corrected chi connectivity index (χ4v) is 2.31. The molecule has 0 aromatic carbocycles. The van der Waals surface area contributed by atoms with Gasteiger partial charge in [0.1, 0.15) is 6.04 Å². The highest BCUT2D eigenvalue weighted by molar-refractivity contribution is 5.75. The molecule has 1 atom stereocenters. The van der Waals surface area contributed by atoms with E-state index < -0.39 is 0 Å². The molecule has 1 N–H and O–H groups in total. The van der Waals surface area contributed by atoms with Crippen LogP contribution in [0.5, 0.6) is 0 Å². The monoisotopic (exact) mass is 227 g/mol. The Labute approximate surface area is 98.9 Å². The van der Waals surface area contributed by atoms with Gasteiger partial charge in [-0.1, -0.05) is 32.1 Å². The highest BCUT2D eigenvalue weighted by atomic mass is 16.5. The summed E-state index contributed by atoms with van der Waals surface area (Å²) < 4.78 is 5.00. The van der Waals surface area contributed by atoms with E-state index in [0.29, 0.717) is 12.6 Å². The quantitative estimate of drug-likeness (QED) is 0.750. The van der Waals surface area contributed by atoms with Gasteiger partial charge in [-0.05, 0) is 26.7 Å². The molecule has 0 aliphatic heterocycles. The number of carbonyl (C=O) groups is 1. The van der Waals surface area contributed by atoms with E-state index in [1.54, 1.807) is 0 Å². The molecule has 0 aromatic rings. The normalized spacial score (nSPS) is 20.9. The van der Waals surface area contributed by atoms with Crippen LogP contribution in [0.1, 0.15) is 58.8 Å². The molecule has 0 radical (unpaired) electrons. The number of esters is 1. The molecule has 0 amide bonds. The lowest BCUT2D eigenvalue weighted by Crippen LogP contribution is -2.42. The van der Waals surface area contributed by atoms with Crippen LogP contribution in [-0.2, 0) is 9.53 Å². The predicted octanol–water partition coefficient (Wildman–Crippen LogP) is 2.64. The van der Waals surface area contributed by atoms with E-state index in [9.17, 15) is 4.79 Å². The van der Waals surface area contributed by atoms with Gasteiger partial charge in [-0.2, -0.15) is 0 Å². The second kappa shape index (κ2) is 7.66. The molecule has 1 aliphatic rings. The molecule has 1 aliphatic carbocycles. The second-order valence-corrected chi connectivity index (χ2v) is 4.68. The Morgan fingerprint density at radius 3 is 2.38 bits per heavy atom. The average Bonchev–Trinajstić information content (AvgIpc) is 2.22. The van der Waals surface area contributed by atoms with E-state index in [0.717, 1.165) is 0 Å². The van der Waals surface area contributed by atoms with Crippen molar-refractivity contribution in [3.8, 4) is 0 Å². The largest absolute Gasteiger partial charge is 0.465 e. The molecule has 0 aromatic heterocycles. The van der Waals surface area contributed by atoms with Crippen molar-refractivity contribution in [2.75, 3.05) is 6.61 Å². The van der Waals surface area contributed by atoms with Crippen LogP contribution in [-0.4, -0.2) is 24.7 Å². The van der Waals surface area contributed by atoms with E-state index in [2.05, 4.69) is 5.32 Å². The summed E-state index contributed by atoms with van der Waals surface area (Å²) >= 11 is 0. The van der Waals surface area contributed by atoms with Crippen molar-refractivity contribution >= 4 is 5.97 Å². The number of nitrogens with one attached hydrogen (secondary N) is 1. The van der Waals surface area contributed by atoms with Gasteiger partial charge in [0.15, 0.2) is 0 Å². The maximum atomic E-state index is 11.5. The lowest BCUT2D eigenvalue weighted by Gasteiger charge is -2.24. The lowest BCUT2D eigenvalue weighted by atomic mass is 9.96. The minimum Gasteiger partial charge on any atom is -0.465 e. The standard InChI is InChI=1S/C13H25NO2/c1-3-16-13(15)11(2)14-12-9-7-5-4-6-8-10-12/h11-12,14H,3-10H2,1-2H3. The van der Waals surface area contributed by atoms with E-state index in [1.165, 1.54) is 44.9 Å². The lowest BCUT2D eigenvalue weighted by molar-refractivity contribution is -0.145. The van der Waals surface area contributed by atoms with Crippen LogP contribution in [0.25, 0.3) is 0 Å². The third-order valence-corrected chi connectivity index (χ3v) is 3.23. The average molecular weight is 227 g/mol. The number of ether oxygens (including phenoxy) is 1. The molecule has 1 saturated carbocycles. The van der Waals surface area contributed by atoms with E-state index >= 15 is 0 Å². The SMILES string of the molecule is CCOC(=O)C(C)NC1CCCCCCC1. The molecule has 94 valence electrons. The Balaban J connectivity index is 2.29. The minimum absolute atomic E-state index is 0.121. The van der Waals surface area contributed by atoms with Crippen LogP contribution >= 0.6 is 0 Å². The van der Waals surface area contributed by atoms with Crippen molar-refractivity contribution in [2.24, 2.45) is 0 Å². The zero-order valence-electron chi connectivity index (χ0n) is 10.6. The summed E-state index contributed by atoms with van der Waals surface area (Å²) in [6, 6.07) is 0.337. The van der Waals surface area contributed by atoms with Gasteiger partial charge in [0.25, 0.3) is 0 Å². The number of rotatable bonds is 4. The molecule has 1 unspecified atom stereocenters. The summed E-state index contributed by atoms with van der Waals surface area (Å²) in [5, 5.41) is 3.40. The van der Waals surface area contributed by atoms with Crippen LogP contribution in [0, 0.1) is 0 Å². The number of hydrogen-bond acceptors (Lipinski definition) is 3. The first kappa shape index (κ1) is 13.5. The molecule has 0 spiro atoms. The zero-order valence-corrected chi connectivity index (χ0v) is 10.6. The Bertz CT molecular complexity index is 198. The molecule has 0 saturated heterocycles. The smallest absolute Gasteiger partial charge is 0.322 e.